The van der Waals surface area contributed by atoms with Gasteiger partial charge in [-0.3, -0.25) is 9.59 Å². The van der Waals surface area contributed by atoms with Gasteiger partial charge in [-0.25, -0.2) is 4.39 Å². The summed E-state index contributed by atoms with van der Waals surface area (Å²) in [5, 5.41) is 6.03. The van der Waals surface area contributed by atoms with Gasteiger partial charge in [0, 0.05) is 31.3 Å². The third kappa shape index (κ3) is 3.47. The molecule has 25 heavy (non-hydrogen) atoms. The molecule has 0 saturated heterocycles. The summed E-state index contributed by atoms with van der Waals surface area (Å²) in [6.45, 7) is 3.96. The van der Waals surface area contributed by atoms with Crippen LogP contribution in [0.25, 0.3) is 0 Å². The van der Waals surface area contributed by atoms with Gasteiger partial charge in [0.05, 0.1) is 5.56 Å². The molecule has 0 aliphatic carbocycles. The van der Waals surface area contributed by atoms with Crippen molar-refractivity contribution in [1.82, 2.24) is 10.2 Å². The fraction of sp³-hybridized carbons (Fsp3) is 0.263. The fourth-order valence-corrected chi connectivity index (χ4v) is 3.03. The van der Waals surface area contributed by atoms with Crippen molar-refractivity contribution in [2.45, 2.75) is 20.0 Å². The lowest BCUT2D eigenvalue weighted by molar-refractivity contribution is -0.119. The van der Waals surface area contributed by atoms with E-state index < -0.39 is 6.17 Å². The summed E-state index contributed by atoms with van der Waals surface area (Å²) in [4.78, 5) is 25.7. The Bertz CT molecular complexity index is 822. The van der Waals surface area contributed by atoms with E-state index >= 15 is 0 Å². The molecular weight excluding hydrogens is 321 g/mol. The fourth-order valence-electron chi connectivity index (χ4n) is 3.03. The molecule has 0 spiro atoms. The van der Waals surface area contributed by atoms with Crippen LogP contribution in [0, 0.1) is 12.7 Å². The Hall–Kier alpha value is -2.89. The molecule has 1 atom stereocenters. The van der Waals surface area contributed by atoms with Crippen LogP contribution in [0.4, 0.5) is 10.1 Å². The lowest BCUT2D eigenvalue weighted by atomic mass is 10.00. The maximum absolute atomic E-state index is 13.8. The molecule has 2 N–H and O–H groups in total. The Morgan fingerprint density at radius 2 is 2.04 bits per heavy atom. The van der Waals surface area contributed by atoms with Crippen LogP contribution in [-0.2, 0) is 4.79 Å². The molecule has 0 saturated carbocycles. The number of hydrogen-bond acceptors (Lipinski definition) is 3. The second-order valence-electron chi connectivity index (χ2n) is 6.07. The van der Waals surface area contributed by atoms with Crippen molar-refractivity contribution in [2.24, 2.45) is 0 Å². The lowest BCUT2D eigenvalue weighted by Crippen LogP contribution is -2.46. The molecule has 0 fully saturated rings. The minimum absolute atomic E-state index is 0.145. The summed E-state index contributed by atoms with van der Waals surface area (Å²) in [7, 11) is 0. The van der Waals surface area contributed by atoms with Crippen LogP contribution < -0.4 is 10.6 Å². The Morgan fingerprint density at radius 1 is 1.28 bits per heavy atom. The number of nitrogens with one attached hydrogen (secondary N) is 2. The first-order chi connectivity index (χ1) is 12.0. The largest absolute Gasteiger partial charge is 0.361 e. The van der Waals surface area contributed by atoms with Crippen molar-refractivity contribution in [3.8, 4) is 0 Å². The molecule has 2 amide bonds. The van der Waals surface area contributed by atoms with E-state index in [2.05, 4.69) is 10.6 Å². The third-order valence-corrected chi connectivity index (χ3v) is 4.28. The zero-order valence-electron chi connectivity index (χ0n) is 14.2. The molecule has 1 aliphatic rings. The molecule has 1 aliphatic heterocycles. The van der Waals surface area contributed by atoms with Crippen molar-refractivity contribution >= 4 is 17.5 Å². The van der Waals surface area contributed by atoms with Gasteiger partial charge in [0.2, 0.25) is 5.91 Å². The Morgan fingerprint density at radius 3 is 2.80 bits per heavy atom. The summed E-state index contributed by atoms with van der Waals surface area (Å²) in [6, 6.07) is 11.8. The molecule has 6 heteroatoms. The van der Waals surface area contributed by atoms with Crippen LogP contribution in [0.2, 0.25) is 0 Å². The lowest BCUT2D eigenvalue weighted by Gasteiger charge is -2.38. The highest BCUT2D eigenvalue weighted by Crippen LogP contribution is 2.34. The van der Waals surface area contributed by atoms with Crippen LogP contribution in [0.5, 0.6) is 0 Å². The molecule has 0 radical (unpaired) electrons. The predicted molar refractivity (Wildman–Crippen MR) is 93.7 cm³/mol. The highest BCUT2D eigenvalue weighted by Gasteiger charge is 2.33. The number of carbonyl (C=O) groups is 2. The van der Waals surface area contributed by atoms with Gasteiger partial charge in [-0.1, -0.05) is 18.2 Å². The second kappa shape index (κ2) is 6.93. The van der Waals surface area contributed by atoms with Crippen LogP contribution in [0.15, 0.2) is 42.5 Å². The highest BCUT2D eigenvalue weighted by atomic mass is 19.1. The maximum atomic E-state index is 13.8. The van der Waals surface area contributed by atoms with Gasteiger partial charge < -0.3 is 15.5 Å². The Labute approximate surface area is 145 Å². The van der Waals surface area contributed by atoms with Crippen molar-refractivity contribution < 1.29 is 14.0 Å². The highest BCUT2D eigenvalue weighted by molar-refractivity contribution is 6.01. The zero-order valence-corrected chi connectivity index (χ0v) is 14.2. The molecule has 3 rings (SSSR count). The monoisotopic (exact) mass is 341 g/mol. The average Bonchev–Trinajstić information content (AvgIpc) is 2.58. The normalized spacial score (nSPS) is 16.2. The van der Waals surface area contributed by atoms with Gasteiger partial charge in [-0.2, -0.15) is 0 Å². The Balaban J connectivity index is 1.99. The summed E-state index contributed by atoms with van der Waals surface area (Å²) in [6.07, 6.45) is -0.494. The molecule has 1 heterocycles. The van der Waals surface area contributed by atoms with Gasteiger partial charge in [0.15, 0.2) is 0 Å². The number of fused-ring (bicyclic) bond motifs is 1. The van der Waals surface area contributed by atoms with E-state index in [-0.39, 0.29) is 17.6 Å². The first kappa shape index (κ1) is 17.0. The smallest absolute Gasteiger partial charge is 0.257 e. The molecule has 1 unspecified atom stereocenters. The minimum Gasteiger partial charge on any atom is -0.361 e. The van der Waals surface area contributed by atoms with Crippen LogP contribution >= 0.6 is 0 Å². The van der Waals surface area contributed by atoms with Crippen molar-refractivity contribution in [3.05, 3.63) is 65.0 Å². The summed E-state index contributed by atoms with van der Waals surface area (Å²) >= 11 is 0. The number of halogens is 1. The van der Waals surface area contributed by atoms with Gasteiger partial charge in [-0.05, 0) is 36.8 Å². The second-order valence-corrected chi connectivity index (χ2v) is 6.07. The number of amides is 2. The first-order valence-electron chi connectivity index (χ1n) is 8.14. The molecule has 5 nitrogen and oxygen atoms in total. The topological polar surface area (TPSA) is 61.4 Å². The van der Waals surface area contributed by atoms with Crippen LogP contribution in [0.3, 0.4) is 0 Å². The number of para-hydroxylation sites is 1. The third-order valence-electron chi connectivity index (χ3n) is 4.28. The van der Waals surface area contributed by atoms with E-state index in [9.17, 15) is 14.0 Å². The standard InChI is InChI=1S/C19H20FN3O2/c1-12-7-8-14(20)11-16(12)18-22-17-6-4-3-5-15(17)19(25)23(18)10-9-21-13(2)24/h3-8,11,18,22H,9-10H2,1-2H3,(H,21,24). The number of rotatable bonds is 4. The predicted octanol–water partition coefficient (Wildman–Crippen LogP) is 2.84. The molecular formula is C19H20FN3O2. The summed E-state index contributed by atoms with van der Waals surface area (Å²) in [5.41, 5.74) is 2.87. The van der Waals surface area contributed by atoms with Crippen molar-refractivity contribution in [1.29, 1.82) is 0 Å². The van der Waals surface area contributed by atoms with Crippen LogP contribution in [0.1, 0.15) is 34.6 Å². The molecule has 2 aromatic rings. The molecule has 2 aromatic carbocycles. The van der Waals surface area contributed by atoms with Gasteiger partial charge >= 0.3 is 0 Å². The number of hydrogen-bond donors (Lipinski definition) is 2. The van der Waals surface area contributed by atoms with E-state index in [4.69, 9.17) is 0 Å². The maximum Gasteiger partial charge on any atom is 0.257 e. The number of carbonyl (C=O) groups excluding carboxylic acids is 2. The number of nitrogens with zero attached hydrogens (tertiary/aromatic N) is 1. The number of aryl methyl sites for hydroxylation is 1. The van der Waals surface area contributed by atoms with E-state index in [1.54, 1.807) is 23.1 Å². The molecule has 130 valence electrons. The molecule has 0 aromatic heterocycles. The van der Waals surface area contributed by atoms with E-state index in [0.29, 0.717) is 24.2 Å². The number of anilines is 1. The first-order valence-corrected chi connectivity index (χ1v) is 8.14. The summed E-state index contributed by atoms with van der Waals surface area (Å²) < 4.78 is 13.8. The molecule has 0 bridgehead atoms. The van der Waals surface area contributed by atoms with Gasteiger partial charge in [0.25, 0.3) is 5.91 Å². The van der Waals surface area contributed by atoms with E-state index in [0.717, 1.165) is 11.3 Å². The van der Waals surface area contributed by atoms with Gasteiger partial charge in [-0.15, -0.1) is 0 Å². The average molecular weight is 341 g/mol. The van der Waals surface area contributed by atoms with Crippen molar-refractivity contribution in [3.63, 3.8) is 0 Å². The Kier molecular flexibility index (Phi) is 4.70. The van der Waals surface area contributed by atoms with Crippen molar-refractivity contribution in [2.75, 3.05) is 18.4 Å². The summed E-state index contributed by atoms with van der Waals surface area (Å²) in [5.74, 6) is -0.653. The van der Waals surface area contributed by atoms with E-state index in [1.165, 1.54) is 19.1 Å². The quantitative estimate of drug-likeness (QED) is 0.899. The minimum atomic E-state index is -0.494. The van der Waals surface area contributed by atoms with Gasteiger partial charge in [0.1, 0.15) is 12.0 Å². The zero-order chi connectivity index (χ0) is 18.0. The van der Waals surface area contributed by atoms with Crippen LogP contribution in [-0.4, -0.2) is 29.8 Å². The number of benzene rings is 2. The van der Waals surface area contributed by atoms with E-state index in [1.807, 2.05) is 19.1 Å². The SMILES string of the molecule is CC(=O)NCCN1C(=O)c2ccccc2NC1c1cc(F)ccc1C.